The number of allylic oxidation sites excluding steroid dienone is 2. The van der Waals surface area contributed by atoms with Crippen molar-refractivity contribution in [3.05, 3.63) is 24.6 Å². The number of carboxylic acids is 1. The van der Waals surface area contributed by atoms with Crippen LogP contribution in [-0.4, -0.2) is 29.0 Å². The second-order valence-corrected chi connectivity index (χ2v) is 10.1. The summed E-state index contributed by atoms with van der Waals surface area (Å²) in [7, 11) is 0. The van der Waals surface area contributed by atoms with Crippen LogP contribution in [-0.2, 0) is 4.79 Å². The van der Waals surface area contributed by atoms with Gasteiger partial charge in [0.2, 0.25) is 5.84 Å². The lowest BCUT2D eigenvalue weighted by Crippen LogP contribution is -2.60. The van der Waals surface area contributed by atoms with Gasteiger partial charge < -0.3 is 9.90 Å². The first-order chi connectivity index (χ1) is 16.5. The van der Waals surface area contributed by atoms with Crippen molar-refractivity contribution in [2.45, 2.75) is 142 Å². The van der Waals surface area contributed by atoms with E-state index in [-0.39, 0.29) is 17.2 Å². The Morgan fingerprint density at radius 2 is 1.35 bits per heavy atom. The molecule has 0 aromatic heterocycles. The maximum Gasteiger partial charge on any atom is 0.209 e. The van der Waals surface area contributed by atoms with Crippen molar-refractivity contribution in [1.82, 2.24) is 0 Å². The zero-order valence-corrected chi connectivity index (χ0v) is 22.3. The fourth-order valence-corrected chi connectivity index (χ4v) is 4.81. The van der Waals surface area contributed by atoms with Gasteiger partial charge in [0.05, 0.1) is 12.2 Å². The van der Waals surface area contributed by atoms with Crippen LogP contribution in [0, 0.1) is 0 Å². The molecule has 0 aliphatic carbocycles. The Balaban J connectivity index is 1.90. The molecule has 0 radical (unpaired) electrons. The molecule has 1 aliphatic heterocycles. The van der Waals surface area contributed by atoms with Crippen LogP contribution >= 0.6 is 0 Å². The highest BCUT2D eigenvalue weighted by Gasteiger charge is 2.38. The Morgan fingerprint density at radius 3 is 1.82 bits per heavy atom. The highest BCUT2D eigenvalue weighted by Crippen LogP contribution is 2.23. The van der Waals surface area contributed by atoms with Gasteiger partial charge in [0, 0.05) is 13.3 Å². The number of hydrogen-bond acceptors (Lipinski definition) is 4. The maximum absolute atomic E-state index is 11.2. The number of quaternary nitrogens is 1. The molecule has 1 rings (SSSR count). The van der Waals surface area contributed by atoms with Gasteiger partial charge in [-0.05, 0) is 32.1 Å². The minimum Gasteiger partial charge on any atom is -0.544 e. The van der Waals surface area contributed by atoms with Crippen molar-refractivity contribution in [3.8, 4) is 0 Å². The number of aliphatic carboxylic acids is 1. The standard InChI is InChI=1S/C29H53N3O2/c1-3-4-5-6-7-8-9-10-11-12-13-14-15-16-17-18-19-20-21-22-23-28-31-24-25-32(28,27(2)30)26-29(33)34/h8-9,24-25,27H,3-7,10-23,26,30H2,1-2H3/b9-8+. The quantitative estimate of drug-likeness (QED) is 0.101. The molecule has 0 saturated heterocycles. The minimum atomic E-state index is -1.09. The topological polar surface area (TPSA) is 78.5 Å². The van der Waals surface area contributed by atoms with E-state index in [9.17, 15) is 9.90 Å². The van der Waals surface area contributed by atoms with Crippen molar-refractivity contribution in [2.75, 3.05) is 6.54 Å². The van der Waals surface area contributed by atoms with E-state index in [1.165, 1.54) is 103 Å². The molecule has 2 N–H and O–H groups in total. The lowest BCUT2D eigenvalue weighted by atomic mass is 10.0. The van der Waals surface area contributed by atoms with E-state index in [0.29, 0.717) is 0 Å². The summed E-state index contributed by atoms with van der Waals surface area (Å²) >= 11 is 0. The molecule has 1 heterocycles. The highest BCUT2D eigenvalue weighted by molar-refractivity contribution is 5.81. The van der Waals surface area contributed by atoms with Gasteiger partial charge >= 0.3 is 0 Å². The number of rotatable bonds is 23. The molecule has 0 spiro atoms. The van der Waals surface area contributed by atoms with Crippen molar-refractivity contribution < 1.29 is 14.4 Å². The van der Waals surface area contributed by atoms with E-state index < -0.39 is 5.97 Å². The van der Waals surface area contributed by atoms with Gasteiger partial charge in [0.15, 0.2) is 0 Å². The van der Waals surface area contributed by atoms with Crippen LogP contribution in [0.4, 0.5) is 0 Å². The van der Waals surface area contributed by atoms with Crippen LogP contribution in [0.25, 0.3) is 0 Å². The van der Waals surface area contributed by atoms with Gasteiger partial charge in [-0.1, -0.05) is 103 Å². The van der Waals surface area contributed by atoms with E-state index in [2.05, 4.69) is 24.1 Å². The van der Waals surface area contributed by atoms with Gasteiger partial charge in [0.1, 0.15) is 18.9 Å². The molecule has 0 aromatic rings. The third kappa shape index (κ3) is 13.4. The molecule has 1 aliphatic rings. The SMILES string of the molecule is CCCCCC/C=C/CCCCCCCCCCCCCCC1=NC=C[N+]1(CC(=O)[O-])C(C)N. The summed E-state index contributed by atoms with van der Waals surface area (Å²) in [4.78, 5) is 15.6. The van der Waals surface area contributed by atoms with E-state index in [1.54, 1.807) is 12.4 Å². The smallest absolute Gasteiger partial charge is 0.209 e. The molecular formula is C29H53N3O2. The normalized spacial score (nSPS) is 18.6. The first-order valence-electron chi connectivity index (χ1n) is 14.3. The number of amidine groups is 1. The number of hydrogen-bond donors (Lipinski definition) is 1. The zero-order valence-electron chi connectivity index (χ0n) is 22.3. The molecule has 34 heavy (non-hydrogen) atoms. The number of carbonyl (C=O) groups excluding carboxylic acids is 1. The highest BCUT2D eigenvalue weighted by atomic mass is 16.4. The average molecular weight is 476 g/mol. The lowest BCUT2D eigenvalue weighted by molar-refractivity contribution is -0.808. The molecule has 196 valence electrons. The zero-order chi connectivity index (χ0) is 24.9. The number of aliphatic imine (C=N–C) groups is 1. The minimum absolute atomic E-state index is 0.109. The third-order valence-electron chi connectivity index (χ3n) is 7.07. The van der Waals surface area contributed by atoms with Crippen LogP contribution < -0.4 is 10.8 Å². The van der Waals surface area contributed by atoms with E-state index in [1.807, 2.05) is 6.92 Å². The average Bonchev–Trinajstić information content (AvgIpc) is 3.20. The number of nitrogens with two attached hydrogens (primary N) is 1. The molecule has 2 unspecified atom stereocenters. The Labute approximate surface area is 210 Å². The molecule has 0 saturated carbocycles. The summed E-state index contributed by atoms with van der Waals surface area (Å²) in [6, 6.07) is 0. The second kappa shape index (κ2) is 19.8. The molecule has 0 fully saturated rings. The summed E-state index contributed by atoms with van der Waals surface area (Å²) in [5, 5.41) is 11.2. The number of nitrogens with zero attached hydrogens (tertiary/aromatic N) is 2. The van der Waals surface area contributed by atoms with Crippen LogP contribution in [0.2, 0.25) is 0 Å². The Hall–Kier alpha value is -1.46. The summed E-state index contributed by atoms with van der Waals surface area (Å²) < 4.78 is 0.109. The van der Waals surface area contributed by atoms with Crippen molar-refractivity contribution >= 4 is 11.8 Å². The maximum atomic E-state index is 11.2. The van der Waals surface area contributed by atoms with Gasteiger partial charge in [-0.15, -0.1) is 0 Å². The number of carbonyl (C=O) groups is 1. The largest absolute Gasteiger partial charge is 0.544 e. The van der Waals surface area contributed by atoms with E-state index >= 15 is 0 Å². The van der Waals surface area contributed by atoms with Gasteiger partial charge in [-0.2, -0.15) is 0 Å². The Bertz CT molecular complexity index is 612. The van der Waals surface area contributed by atoms with Gasteiger partial charge in [0.25, 0.3) is 0 Å². The molecule has 5 nitrogen and oxygen atoms in total. The predicted octanol–water partition coefficient (Wildman–Crippen LogP) is 6.73. The van der Waals surface area contributed by atoms with Gasteiger partial charge in [-0.3, -0.25) is 5.73 Å². The monoisotopic (exact) mass is 475 g/mol. The second-order valence-electron chi connectivity index (χ2n) is 10.1. The van der Waals surface area contributed by atoms with Crippen LogP contribution in [0.1, 0.15) is 136 Å². The van der Waals surface area contributed by atoms with Crippen molar-refractivity contribution in [1.29, 1.82) is 0 Å². The first kappa shape index (κ1) is 30.6. The Kier molecular flexibility index (Phi) is 17.8. The molecule has 2 atom stereocenters. The van der Waals surface area contributed by atoms with Crippen LogP contribution in [0.5, 0.6) is 0 Å². The number of unbranched alkanes of at least 4 members (excludes halogenated alkanes) is 16. The molecule has 0 aromatic carbocycles. The fraction of sp³-hybridized carbons (Fsp3) is 0.793. The van der Waals surface area contributed by atoms with E-state index in [4.69, 9.17) is 5.73 Å². The summed E-state index contributed by atoms with van der Waals surface area (Å²) in [5.74, 6) is -0.227. The molecule has 5 heteroatoms. The fourth-order valence-electron chi connectivity index (χ4n) is 4.81. The third-order valence-corrected chi connectivity index (χ3v) is 7.07. The summed E-state index contributed by atoms with van der Waals surface area (Å²) in [6.07, 6.45) is 32.4. The summed E-state index contributed by atoms with van der Waals surface area (Å²) in [6.45, 7) is 3.97. The van der Waals surface area contributed by atoms with Crippen molar-refractivity contribution in [3.63, 3.8) is 0 Å². The molecule has 0 amide bonds. The lowest BCUT2D eigenvalue weighted by Gasteiger charge is -2.36. The van der Waals surface area contributed by atoms with Crippen LogP contribution in [0.3, 0.4) is 0 Å². The van der Waals surface area contributed by atoms with Crippen LogP contribution in [0.15, 0.2) is 29.5 Å². The van der Waals surface area contributed by atoms with Crippen molar-refractivity contribution in [2.24, 2.45) is 10.7 Å². The Morgan fingerprint density at radius 1 is 0.882 bits per heavy atom. The van der Waals surface area contributed by atoms with Gasteiger partial charge in [-0.25, -0.2) is 9.48 Å². The predicted molar refractivity (Wildman–Crippen MR) is 143 cm³/mol. The molecular weight excluding hydrogens is 422 g/mol. The summed E-state index contributed by atoms with van der Waals surface area (Å²) in [5.41, 5.74) is 6.10. The van der Waals surface area contributed by atoms with E-state index in [0.717, 1.165) is 25.1 Å². The first-order valence-corrected chi connectivity index (χ1v) is 14.3. The molecule has 0 bridgehead atoms. The number of carboxylic acid groups (broad SMARTS) is 1.